The standard InChI is InChI=1S/C10H14O3S/c1-3-8-13-14(11,12)10-6-4-9(2)5-7-10/h4-7H,3,8H2,1-2H3/i1D3,3D2,8D. The predicted octanol–water partition coefficient (Wildman–Crippen LogP) is 2.11. The fourth-order valence-electron chi connectivity index (χ4n) is 0.848. The third kappa shape index (κ3) is 2.82. The Hall–Kier alpha value is -0.870. The zero-order valence-corrected chi connectivity index (χ0v) is 8.34. The van der Waals surface area contributed by atoms with Gasteiger partial charge in [0, 0.05) is 6.85 Å². The summed E-state index contributed by atoms with van der Waals surface area (Å²) in [4.78, 5) is -0.262. The van der Waals surface area contributed by atoms with Crippen molar-refractivity contribution >= 4 is 10.1 Å². The van der Waals surface area contributed by atoms with Crippen LogP contribution in [0.5, 0.6) is 0 Å². The van der Waals surface area contributed by atoms with Crippen LogP contribution < -0.4 is 0 Å². The van der Waals surface area contributed by atoms with E-state index in [1.54, 1.807) is 6.92 Å². The summed E-state index contributed by atoms with van der Waals surface area (Å²) in [7, 11) is -4.40. The van der Waals surface area contributed by atoms with Gasteiger partial charge in [0.1, 0.15) is 0 Å². The summed E-state index contributed by atoms with van der Waals surface area (Å²) in [5, 5.41) is 0. The maximum absolute atomic E-state index is 11.8. The van der Waals surface area contributed by atoms with Gasteiger partial charge < -0.3 is 0 Å². The lowest BCUT2D eigenvalue weighted by molar-refractivity contribution is 0.318. The van der Waals surface area contributed by atoms with Crippen LogP contribution in [-0.4, -0.2) is 15.0 Å². The maximum atomic E-state index is 11.8. The molecule has 1 aromatic rings. The normalized spacial score (nSPS) is 22.1. The van der Waals surface area contributed by atoms with Gasteiger partial charge in [0.05, 0.1) is 12.8 Å². The monoisotopic (exact) mass is 220 g/mol. The van der Waals surface area contributed by atoms with E-state index in [1.807, 2.05) is 0 Å². The first-order valence-electron chi connectivity index (χ1n) is 6.88. The van der Waals surface area contributed by atoms with E-state index in [0.29, 0.717) is 0 Å². The molecule has 0 aliphatic rings. The molecule has 4 heteroatoms. The van der Waals surface area contributed by atoms with E-state index in [9.17, 15) is 8.42 Å². The highest BCUT2D eigenvalue weighted by atomic mass is 32.2. The van der Waals surface area contributed by atoms with Crippen LogP contribution in [0.3, 0.4) is 0 Å². The third-order valence-electron chi connectivity index (χ3n) is 1.54. The molecule has 0 bridgehead atoms. The molecular formula is C10H14O3S. The average Bonchev–Trinajstić information content (AvgIpc) is 2.27. The number of rotatable bonds is 4. The molecule has 78 valence electrons. The fraction of sp³-hybridized carbons (Fsp3) is 0.400. The molecule has 3 nitrogen and oxygen atoms in total. The van der Waals surface area contributed by atoms with Gasteiger partial charge in [-0.15, -0.1) is 0 Å². The summed E-state index contributed by atoms with van der Waals surface area (Å²) in [6.45, 7) is -3.80. The Bertz CT molecular complexity index is 564. The highest BCUT2D eigenvalue weighted by Crippen LogP contribution is 2.13. The molecule has 0 radical (unpaired) electrons. The van der Waals surface area contributed by atoms with E-state index in [-0.39, 0.29) is 4.90 Å². The Kier molecular flexibility index (Phi) is 1.72. The molecule has 1 atom stereocenters. The number of aryl methyl sites for hydroxylation is 1. The molecular weight excluding hydrogens is 200 g/mol. The van der Waals surface area contributed by atoms with E-state index >= 15 is 0 Å². The van der Waals surface area contributed by atoms with Crippen LogP contribution >= 0.6 is 0 Å². The molecule has 0 fully saturated rings. The molecule has 0 N–H and O–H groups in total. The SMILES string of the molecule is [2H]C(OS(=O)(=O)c1ccc(C)cc1)C([2H])([2H])C([2H])([2H])[2H]. The third-order valence-corrected chi connectivity index (χ3v) is 2.74. The van der Waals surface area contributed by atoms with Crippen molar-refractivity contribution in [3.63, 3.8) is 0 Å². The van der Waals surface area contributed by atoms with Crippen molar-refractivity contribution in [1.29, 1.82) is 0 Å². The largest absolute Gasteiger partial charge is 0.296 e. The van der Waals surface area contributed by atoms with Crippen LogP contribution in [0.4, 0.5) is 0 Å². The van der Waals surface area contributed by atoms with Crippen LogP contribution in [0.25, 0.3) is 0 Å². The van der Waals surface area contributed by atoms with Gasteiger partial charge in [-0.05, 0) is 25.4 Å². The lowest BCUT2D eigenvalue weighted by Gasteiger charge is -2.04. The Morgan fingerprint density at radius 1 is 1.43 bits per heavy atom. The van der Waals surface area contributed by atoms with Crippen molar-refractivity contribution in [2.45, 2.75) is 25.0 Å². The second kappa shape index (κ2) is 4.57. The fourth-order valence-corrected chi connectivity index (χ4v) is 1.60. The Labute approximate surface area is 93.3 Å². The van der Waals surface area contributed by atoms with Crippen LogP contribution in [0.2, 0.25) is 0 Å². The van der Waals surface area contributed by atoms with E-state index in [0.717, 1.165) is 5.56 Å². The molecule has 0 aliphatic heterocycles. The molecule has 0 aliphatic carbocycles. The van der Waals surface area contributed by atoms with Crippen LogP contribution in [0.1, 0.15) is 27.0 Å². The highest BCUT2D eigenvalue weighted by Gasteiger charge is 2.13. The molecule has 0 saturated carbocycles. The molecule has 0 saturated heterocycles. The average molecular weight is 220 g/mol. The van der Waals surface area contributed by atoms with Crippen molar-refractivity contribution < 1.29 is 20.8 Å². The topological polar surface area (TPSA) is 43.4 Å². The zero-order chi connectivity index (χ0) is 15.8. The van der Waals surface area contributed by atoms with Crippen molar-refractivity contribution in [3.05, 3.63) is 29.8 Å². The van der Waals surface area contributed by atoms with E-state index < -0.39 is 29.9 Å². The quantitative estimate of drug-likeness (QED) is 0.730. The first kappa shape index (κ1) is 5.28. The molecule has 0 spiro atoms. The molecule has 1 rings (SSSR count). The summed E-state index contributed by atoms with van der Waals surface area (Å²) in [6.07, 6.45) is -3.11. The summed E-state index contributed by atoms with van der Waals surface area (Å²) >= 11 is 0. The van der Waals surface area contributed by atoms with Crippen molar-refractivity contribution in [3.8, 4) is 0 Å². The van der Waals surface area contributed by atoms with Crippen LogP contribution in [0, 0.1) is 6.92 Å². The summed E-state index contributed by atoms with van der Waals surface area (Å²) in [6, 6.07) is 5.49. The zero-order valence-electron chi connectivity index (χ0n) is 13.5. The minimum atomic E-state index is -4.40. The summed E-state index contributed by atoms with van der Waals surface area (Å²) < 4.78 is 70.9. The predicted molar refractivity (Wildman–Crippen MR) is 54.6 cm³/mol. The lowest BCUT2D eigenvalue weighted by atomic mass is 10.2. The van der Waals surface area contributed by atoms with Gasteiger partial charge in [0.15, 0.2) is 0 Å². The summed E-state index contributed by atoms with van der Waals surface area (Å²) in [5.41, 5.74) is 0.809. The smallest absolute Gasteiger partial charge is 0.266 e. The minimum Gasteiger partial charge on any atom is -0.266 e. The molecule has 14 heavy (non-hydrogen) atoms. The Morgan fingerprint density at radius 2 is 2.07 bits per heavy atom. The second-order valence-corrected chi connectivity index (χ2v) is 4.20. The van der Waals surface area contributed by atoms with Crippen LogP contribution in [-0.2, 0) is 14.3 Å². The maximum Gasteiger partial charge on any atom is 0.296 e. The van der Waals surface area contributed by atoms with Crippen molar-refractivity contribution in [1.82, 2.24) is 0 Å². The minimum absolute atomic E-state index is 0.262. The second-order valence-electron chi connectivity index (χ2n) is 2.63. The molecule has 0 amide bonds. The van der Waals surface area contributed by atoms with Crippen molar-refractivity contribution in [2.24, 2.45) is 0 Å². The first-order valence-corrected chi connectivity index (χ1v) is 5.21. The summed E-state index contributed by atoms with van der Waals surface area (Å²) in [5.74, 6) is 0. The van der Waals surface area contributed by atoms with Gasteiger partial charge in [-0.25, -0.2) is 0 Å². The molecule has 0 heterocycles. The molecule has 0 aromatic heterocycles. The number of hydrogen-bond acceptors (Lipinski definition) is 3. The van der Waals surface area contributed by atoms with Crippen LogP contribution in [0.15, 0.2) is 29.2 Å². The van der Waals surface area contributed by atoms with Crippen molar-refractivity contribution in [2.75, 3.05) is 6.58 Å². The first-order chi connectivity index (χ1) is 8.88. The molecule has 1 unspecified atom stereocenters. The van der Waals surface area contributed by atoms with E-state index in [4.69, 9.17) is 8.22 Å². The number of hydrogen-bond donors (Lipinski definition) is 0. The lowest BCUT2D eigenvalue weighted by Crippen LogP contribution is -2.06. The van der Waals surface area contributed by atoms with Gasteiger partial charge in [0.2, 0.25) is 0 Å². The van der Waals surface area contributed by atoms with Gasteiger partial charge in [-0.2, -0.15) is 8.42 Å². The Balaban J connectivity index is 3.00. The van der Waals surface area contributed by atoms with Gasteiger partial charge in [-0.3, -0.25) is 4.18 Å². The Morgan fingerprint density at radius 3 is 2.64 bits per heavy atom. The van der Waals surface area contributed by atoms with Gasteiger partial charge in [0.25, 0.3) is 10.1 Å². The highest BCUT2D eigenvalue weighted by molar-refractivity contribution is 7.86. The molecule has 1 aromatic carbocycles. The van der Waals surface area contributed by atoms with E-state index in [1.165, 1.54) is 24.3 Å². The van der Waals surface area contributed by atoms with Gasteiger partial charge in [-0.1, -0.05) is 24.5 Å². The van der Waals surface area contributed by atoms with Gasteiger partial charge >= 0.3 is 0 Å². The van der Waals surface area contributed by atoms with E-state index in [2.05, 4.69) is 4.18 Å². The number of benzene rings is 1.